The molecule has 8 heteroatoms. The fourth-order valence-electron chi connectivity index (χ4n) is 2.71. The highest BCUT2D eigenvalue weighted by molar-refractivity contribution is 7.92. The number of nitrogens with one attached hydrogen (secondary N) is 1. The maximum absolute atomic E-state index is 13.0. The lowest BCUT2D eigenvalue weighted by atomic mass is 10.1. The number of rotatable bonds is 5. The Morgan fingerprint density at radius 2 is 1.70 bits per heavy atom. The van der Waals surface area contributed by atoms with Crippen LogP contribution < -0.4 is 4.72 Å². The summed E-state index contributed by atoms with van der Waals surface area (Å²) in [6.45, 7) is 0.352. The third kappa shape index (κ3) is 3.80. The molecule has 0 aliphatic rings. The summed E-state index contributed by atoms with van der Waals surface area (Å²) in [6, 6.07) is 18.4. The van der Waals surface area contributed by atoms with E-state index in [1.54, 1.807) is 30.3 Å². The van der Waals surface area contributed by atoms with Crippen LogP contribution in [0.5, 0.6) is 0 Å². The molecule has 0 aliphatic carbocycles. The summed E-state index contributed by atoms with van der Waals surface area (Å²) in [6.07, 6.45) is 1.42. The van der Waals surface area contributed by atoms with Gasteiger partial charge in [0.25, 0.3) is 16.0 Å². The van der Waals surface area contributed by atoms with Crippen LogP contribution in [0, 0.1) is 5.82 Å². The number of anilines is 1. The Morgan fingerprint density at radius 3 is 2.48 bits per heavy atom. The number of hydrogen-bond acceptors (Lipinski definition) is 4. The van der Waals surface area contributed by atoms with E-state index in [0.717, 1.165) is 16.3 Å². The molecular weight excluding hydrogens is 367 g/mol. The lowest BCUT2D eigenvalue weighted by Gasteiger charge is -2.06. The molecule has 3 aromatic carbocycles. The van der Waals surface area contributed by atoms with Crippen LogP contribution in [0.15, 0.2) is 78.0 Å². The molecule has 0 aliphatic heterocycles. The standard InChI is InChI=1S/C19H15FN4O2S/c20-17-8-5-14(6-9-17)12-24-13-21-19(22-24)23-27(25,26)18-10-7-15-3-1-2-4-16(15)11-18/h1-11,13H,12H2,(H,22,23). The third-order valence-electron chi connectivity index (χ3n) is 4.05. The van der Waals surface area contributed by atoms with E-state index in [0.29, 0.717) is 6.54 Å². The highest BCUT2D eigenvalue weighted by atomic mass is 32.2. The number of hydrogen-bond donors (Lipinski definition) is 1. The minimum Gasteiger partial charge on any atom is -0.246 e. The van der Waals surface area contributed by atoms with Gasteiger partial charge in [-0.2, -0.15) is 4.98 Å². The first-order valence-corrected chi connectivity index (χ1v) is 9.63. The van der Waals surface area contributed by atoms with Crippen LogP contribution in [0.4, 0.5) is 10.3 Å². The number of fused-ring (bicyclic) bond motifs is 1. The molecule has 4 rings (SSSR count). The van der Waals surface area contributed by atoms with E-state index in [9.17, 15) is 12.8 Å². The summed E-state index contributed by atoms with van der Waals surface area (Å²) in [5.41, 5.74) is 0.824. The molecule has 0 fully saturated rings. The molecule has 4 aromatic rings. The molecule has 6 nitrogen and oxygen atoms in total. The SMILES string of the molecule is O=S(=O)(Nc1ncn(Cc2ccc(F)cc2)n1)c1ccc2ccccc2c1. The van der Waals surface area contributed by atoms with Crippen molar-refractivity contribution >= 4 is 26.7 Å². The molecule has 0 unspecified atom stereocenters. The highest BCUT2D eigenvalue weighted by Gasteiger charge is 2.17. The van der Waals surface area contributed by atoms with E-state index in [4.69, 9.17) is 0 Å². The summed E-state index contributed by atoms with van der Waals surface area (Å²) in [5.74, 6) is -0.341. The van der Waals surface area contributed by atoms with Crippen LogP contribution >= 0.6 is 0 Å². The predicted octanol–water partition coefficient (Wildman–Crippen LogP) is 3.42. The van der Waals surface area contributed by atoms with Crippen molar-refractivity contribution in [2.75, 3.05) is 4.72 Å². The third-order valence-corrected chi connectivity index (χ3v) is 5.38. The number of sulfonamides is 1. The first-order chi connectivity index (χ1) is 13.0. The quantitative estimate of drug-likeness (QED) is 0.574. The first-order valence-electron chi connectivity index (χ1n) is 8.15. The van der Waals surface area contributed by atoms with Gasteiger partial charge < -0.3 is 0 Å². The van der Waals surface area contributed by atoms with Crippen LogP contribution in [0.2, 0.25) is 0 Å². The number of halogens is 1. The second-order valence-corrected chi connectivity index (χ2v) is 7.69. The van der Waals surface area contributed by atoms with Crippen LogP contribution in [0.3, 0.4) is 0 Å². The Bertz CT molecular complexity index is 1200. The Morgan fingerprint density at radius 1 is 0.963 bits per heavy atom. The minimum absolute atomic E-state index is 0.0229. The van der Waals surface area contributed by atoms with Gasteiger partial charge in [-0.1, -0.05) is 42.5 Å². The van der Waals surface area contributed by atoms with Gasteiger partial charge in [-0.3, -0.25) is 0 Å². The first kappa shape index (κ1) is 17.2. The molecule has 1 N–H and O–H groups in total. The van der Waals surface area contributed by atoms with E-state index in [-0.39, 0.29) is 16.7 Å². The molecule has 27 heavy (non-hydrogen) atoms. The molecule has 0 saturated heterocycles. The summed E-state index contributed by atoms with van der Waals surface area (Å²) < 4.78 is 42.0. The van der Waals surface area contributed by atoms with Gasteiger partial charge in [0.1, 0.15) is 12.1 Å². The fourth-order valence-corrected chi connectivity index (χ4v) is 3.69. The zero-order valence-corrected chi connectivity index (χ0v) is 14.9. The molecule has 0 radical (unpaired) electrons. The van der Waals surface area contributed by atoms with Crippen molar-refractivity contribution in [3.05, 3.63) is 84.4 Å². The average molecular weight is 382 g/mol. The lowest BCUT2D eigenvalue weighted by Crippen LogP contribution is -2.14. The zero-order valence-electron chi connectivity index (χ0n) is 14.1. The van der Waals surface area contributed by atoms with E-state index < -0.39 is 10.0 Å². The Labute approximate surface area is 155 Å². The van der Waals surface area contributed by atoms with Gasteiger partial charge in [0.2, 0.25) is 0 Å². The largest absolute Gasteiger partial charge is 0.264 e. The van der Waals surface area contributed by atoms with E-state index >= 15 is 0 Å². The highest BCUT2D eigenvalue weighted by Crippen LogP contribution is 2.20. The topological polar surface area (TPSA) is 76.9 Å². The molecule has 0 atom stereocenters. The van der Waals surface area contributed by atoms with Crippen molar-refractivity contribution < 1.29 is 12.8 Å². The number of benzene rings is 3. The van der Waals surface area contributed by atoms with Gasteiger partial charge in [0.05, 0.1) is 11.4 Å². The second-order valence-electron chi connectivity index (χ2n) is 6.01. The molecule has 1 aromatic heterocycles. The van der Waals surface area contributed by atoms with Crippen LogP contribution in [0.1, 0.15) is 5.56 Å². The van der Waals surface area contributed by atoms with Crippen molar-refractivity contribution in [1.82, 2.24) is 14.8 Å². The molecular formula is C19H15FN4O2S. The second kappa shape index (κ2) is 6.81. The minimum atomic E-state index is -3.81. The van der Waals surface area contributed by atoms with Gasteiger partial charge in [-0.15, -0.1) is 5.10 Å². The van der Waals surface area contributed by atoms with E-state index in [1.807, 2.05) is 24.3 Å². The average Bonchev–Trinajstić information content (AvgIpc) is 3.09. The number of nitrogens with zero attached hydrogens (tertiary/aromatic N) is 3. The molecule has 0 spiro atoms. The van der Waals surface area contributed by atoms with E-state index in [1.165, 1.54) is 23.1 Å². The zero-order chi connectivity index (χ0) is 18.9. The van der Waals surface area contributed by atoms with Crippen LogP contribution in [0.25, 0.3) is 10.8 Å². The summed E-state index contributed by atoms with van der Waals surface area (Å²) in [7, 11) is -3.81. The Hall–Kier alpha value is -3.26. The number of aromatic nitrogens is 3. The molecule has 136 valence electrons. The van der Waals surface area contributed by atoms with Crippen LogP contribution in [-0.4, -0.2) is 23.2 Å². The van der Waals surface area contributed by atoms with Crippen molar-refractivity contribution in [3.63, 3.8) is 0 Å². The fraction of sp³-hybridized carbons (Fsp3) is 0.0526. The van der Waals surface area contributed by atoms with Gasteiger partial charge in [0.15, 0.2) is 0 Å². The maximum Gasteiger partial charge on any atom is 0.264 e. The Balaban J connectivity index is 1.53. The molecule has 1 heterocycles. The van der Waals surface area contributed by atoms with Crippen LogP contribution in [-0.2, 0) is 16.6 Å². The predicted molar refractivity (Wildman–Crippen MR) is 100 cm³/mol. The Kier molecular flexibility index (Phi) is 4.33. The maximum atomic E-state index is 13.0. The summed E-state index contributed by atoms with van der Waals surface area (Å²) in [5, 5.41) is 5.91. The van der Waals surface area contributed by atoms with Crippen molar-refractivity contribution in [3.8, 4) is 0 Å². The summed E-state index contributed by atoms with van der Waals surface area (Å²) in [4.78, 5) is 4.13. The van der Waals surface area contributed by atoms with Crippen molar-refractivity contribution in [1.29, 1.82) is 0 Å². The van der Waals surface area contributed by atoms with Gasteiger partial charge in [-0.25, -0.2) is 22.2 Å². The molecule has 0 saturated carbocycles. The monoisotopic (exact) mass is 382 g/mol. The van der Waals surface area contributed by atoms with Gasteiger partial charge in [-0.05, 0) is 40.6 Å². The molecule has 0 bridgehead atoms. The molecule has 0 amide bonds. The summed E-state index contributed by atoms with van der Waals surface area (Å²) >= 11 is 0. The van der Waals surface area contributed by atoms with Gasteiger partial charge in [0, 0.05) is 0 Å². The van der Waals surface area contributed by atoms with E-state index in [2.05, 4.69) is 14.8 Å². The normalized spacial score (nSPS) is 11.6. The van der Waals surface area contributed by atoms with Crippen molar-refractivity contribution in [2.24, 2.45) is 0 Å². The van der Waals surface area contributed by atoms with Gasteiger partial charge >= 0.3 is 0 Å². The lowest BCUT2D eigenvalue weighted by molar-refractivity contribution is 0.600. The smallest absolute Gasteiger partial charge is 0.246 e. The van der Waals surface area contributed by atoms with Crippen molar-refractivity contribution in [2.45, 2.75) is 11.4 Å².